The van der Waals surface area contributed by atoms with Crippen molar-refractivity contribution in [2.24, 2.45) is 0 Å². The summed E-state index contributed by atoms with van der Waals surface area (Å²) in [6, 6.07) is 19.8. The van der Waals surface area contributed by atoms with Crippen LogP contribution in [0.2, 0.25) is 0 Å². The van der Waals surface area contributed by atoms with Crippen molar-refractivity contribution in [3.05, 3.63) is 71.8 Å². The second-order valence-corrected chi connectivity index (χ2v) is 6.97. The number of nitrogens with one attached hydrogen (secondary N) is 1. The van der Waals surface area contributed by atoms with Gasteiger partial charge in [-0.15, -0.1) is 0 Å². The molecule has 2 amide bonds. The highest BCUT2D eigenvalue weighted by atomic mass is 16.5. The van der Waals surface area contributed by atoms with Crippen molar-refractivity contribution in [2.45, 2.75) is 44.0 Å². The van der Waals surface area contributed by atoms with Crippen molar-refractivity contribution < 1.29 is 14.3 Å². The Labute approximate surface area is 153 Å². The summed E-state index contributed by atoms with van der Waals surface area (Å²) < 4.78 is 5.65. The van der Waals surface area contributed by atoms with Gasteiger partial charge in [-0.25, -0.2) is 4.79 Å². The summed E-state index contributed by atoms with van der Waals surface area (Å²) in [6.07, 6.45) is 1.08. The Balaban J connectivity index is 1.54. The highest BCUT2D eigenvalue weighted by molar-refractivity contribution is 5.80. The second kappa shape index (κ2) is 6.83. The van der Waals surface area contributed by atoms with Gasteiger partial charge in [0.15, 0.2) is 0 Å². The number of ether oxygens (including phenoxy) is 1. The molecule has 0 aromatic heterocycles. The van der Waals surface area contributed by atoms with Crippen LogP contribution in [0.25, 0.3) is 0 Å². The standard InChI is InChI=1S/C21H22N2O3/c1-14(24)26-20-17(12-15-8-4-2-5-9-15)22-21(25)23-18(19(20)23)13-16-10-6-3-7-11-16/h2-11,17-20H,12-13H2,1H3,(H,22,25). The minimum atomic E-state index is -0.334. The molecule has 5 heteroatoms. The number of carbonyl (C=O) groups excluding carboxylic acids is 2. The average Bonchev–Trinajstić information content (AvgIpc) is 3.34. The lowest BCUT2D eigenvalue weighted by Gasteiger charge is -2.31. The van der Waals surface area contributed by atoms with Crippen LogP contribution in [-0.2, 0) is 22.4 Å². The van der Waals surface area contributed by atoms with E-state index in [1.54, 1.807) is 0 Å². The van der Waals surface area contributed by atoms with E-state index in [0.717, 1.165) is 12.0 Å². The van der Waals surface area contributed by atoms with E-state index in [9.17, 15) is 9.59 Å². The maximum Gasteiger partial charge on any atom is 0.318 e. The van der Waals surface area contributed by atoms with Gasteiger partial charge >= 0.3 is 12.0 Å². The lowest BCUT2D eigenvalue weighted by atomic mass is 9.96. The first kappa shape index (κ1) is 16.6. The largest absolute Gasteiger partial charge is 0.458 e. The van der Waals surface area contributed by atoms with Crippen LogP contribution in [0, 0.1) is 0 Å². The topological polar surface area (TPSA) is 58.4 Å². The van der Waals surface area contributed by atoms with Gasteiger partial charge in [0, 0.05) is 6.92 Å². The number of esters is 1. The van der Waals surface area contributed by atoms with Crippen LogP contribution in [0.15, 0.2) is 60.7 Å². The molecule has 2 aliphatic heterocycles. The SMILES string of the molecule is CC(=O)OC1C(Cc2ccccc2)NC(=O)N2C(Cc3ccccc3)C12. The molecule has 2 saturated heterocycles. The fourth-order valence-electron chi connectivity index (χ4n) is 3.97. The summed E-state index contributed by atoms with van der Waals surface area (Å²) >= 11 is 0. The van der Waals surface area contributed by atoms with Gasteiger partial charge < -0.3 is 15.0 Å². The van der Waals surface area contributed by atoms with Gasteiger partial charge in [0.1, 0.15) is 6.10 Å². The summed E-state index contributed by atoms with van der Waals surface area (Å²) in [5, 5.41) is 3.04. The van der Waals surface area contributed by atoms with Crippen LogP contribution >= 0.6 is 0 Å². The fraction of sp³-hybridized carbons (Fsp3) is 0.333. The maximum absolute atomic E-state index is 12.5. The minimum absolute atomic E-state index is 0.0541. The third kappa shape index (κ3) is 3.29. The zero-order chi connectivity index (χ0) is 18.1. The van der Waals surface area contributed by atoms with Gasteiger partial charge in [-0.1, -0.05) is 60.7 Å². The summed E-state index contributed by atoms with van der Waals surface area (Å²) in [6.45, 7) is 1.43. The Morgan fingerprint density at radius 3 is 2.15 bits per heavy atom. The molecular weight excluding hydrogens is 328 g/mol. The monoisotopic (exact) mass is 350 g/mol. The highest BCUT2D eigenvalue weighted by Crippen LogP contribution is 2.40. The minimum Gasteiger partial charge on any atom is -0.458 e. The van der Waals surface area contributed by atoms with E-state index in [2.05, 4.69) is 17.4 Å². The van der Waals surface area contributed by atoms with Crippen molar-refractivity contribution in [1.29, 1.82) is 0 Å². The van der Waals surface area contributed by atoms with E-state index in [4.69, 9.17) is 4.74 Å². The smallest absolute Gasteiger partial charge is 0.318 e. The molecule has 0 spiro atoms. The molecule has 1 N–H and O–H groups in total. The lowest BCUT2D eigenvalue weighted by molar-refractivity contribution is -0.148. The zero-order valence-corrected chi connectivity index (χ0v) is 14.7. The predicted molar refractivity (Wildman–Crippen MR) is 97.6 cm³/mol. The fourth-order valence-corrected chi connectivity index (χ4v) is 3.97. The second-order valence-electron chi connectivity index (χ2n) is 6.97. The molecule has 2 aromatic carbocycles. The molecule has 0 aliphatic carbocycles. The maximum atomic E-state index is 12.5. The molecule has 5 nitrogen and oxygen atoms in total. The Morgan fingerprint density at radius 2 is 1.58 bits per heavy atom. The first-order chi connectivity index (χ1) is 12.6. The van der Waals surface area contributed by atoms with Crippen molar-refractivity contribution in [1.82, 2.24) is 10.2 Å². The van der Waals surface area contributed by atoms with Crippen LogP contribution < -0.4 is 5.32 Å². The van der Waals surface area contributed by atoms with Gasteiger partial charge in [-0.3, -0.25) is 4.79 Å². The van der Waals surface area contributed by atoms with E-state index in [0.29, 0.717) is 6.42 Å². The molecule has 0 saturated carbocycles. The Bertz CT molecular complexity index is 793. The lowest BCUT2D eigenvalue weighted by Crippen LogP contribution is -2.55. The number of amides is 2. The molecule has 4 rings (SSSR count). The first-order valence-electron chi connectivity index (χ1n) is 8.97. The van der Waals surface area contributed by atoms with Crippen molar-refractivity contribution in [2.75, 3.05) is 0 Å². The molecule has 4 unspecified atom stereocenters. The van der Waals surface area contributed by atoms with Crippen molar-refractivity contribution >= 4 is 12.0 Å². The number of hydrogen-bond donors (Lipinski definition) is 1. The number of hydrogen-bond acceptors (Lipinski definition) is 3. The summed E-state index contributed by atoms with van der Waals surface area (Å²) in [4.78, 5) is 26.0. The van der Waals surface area contributed by atoms with E-state index in [-0.39, 0.29) is 36.2 Å². The van der Waals surface area contributed by atoms with Crippen LogP contribution in [-0.4, -0.2) is 41.1 Å². The Hall–Kier alpha value is -2.82. The van der Waals surface area contributed by atoms with E-state index >= 15 is 0 Å². The predicted octanol–water partition coefficient (Wildman–Crippen LogP) is 2.55. The first-order valence-corrected chi connectivity index (χ1v) is 8.97. The molecule has 2 aromatic rings. The number of urea groups is 1. The average molecular weight is 350 g/mol. The summed E-state index contributed by atoms with van der Waals surface area (Å²) in [5.41, 5.74) is 2.30. The van der Waals surface area contributed by atoms with Gasteiger partial charge in [-0.05, 0) is 24.0 Å². The number of rotatable bonds is 5. The van der Waals surface area contributed by atoms with Gasteiger partial charge in [-0.2, -0.15) is 0 Å². The molecule has 2 heterocycles. The van der Waals surface area contributed by atoms with E-state index in [1.807, 2.05) is 53.4 Å². The van der Waals surface area contributed by atoms with Gasteiger partial charge in [0.05, 0.1) is 18.1 Å². The molecule has 26 heavy (non-hydrogen) atoms. The molecule has 0 bridgehead atoms. The van der Waals surface area contributed by atoms with Gasteiger partial charge in [0.25, 0.3) is 0 Å². The van der Waals surface area contributed by atoms with Crippen molar-refractivity contribution in [3.8, 4) is 0 Å². The molecule has 0 radical (unpaired) electrons. The normalized spacial score (nSPS) is 26.7. The van der Waals surface area contributed by atoms with E-state index < -0.39 is 0 Å². The Kier molecular flexibility index (Phi) is 4.37. The molecule has 2 aliphatic rings. The van der Waals surface area contributed by atoms with Crippen LogP contribution in [0.5, 0.6) is 0 Å². The molecule has 4 atom stereocenters. The zero-order valence-electron chi connectivity index (χ0n) is 14.7. The summed E-state index contributed by atoms with van der Waals surface area (Å²) in [5.74, 6) is -0.311. The number of benzene rings is 2. The molecular formula is C21H22N2O3. The number of nitrogens with zero attached hydrogens (tertiary/aromatic N) is 1. The van der Waals surface area contributed by atoms with Crippen LogP contribution in [0.4, 0.5) is 4.79 Å². The van der Waals surface area contributed by atoms with Crippen LogP contribution in [0.3, 0.4) is 0 Å². The third-order valence-corrected chi connectivity index (χ3v) is 5.15. The van der Waals surface area contributed by atoms with Crippen LogP contribution in [0.1, 0.15) is 18.1 Å². The highest BCUT2D eigenvalue weighted by Gasteiger charge is 2.61. The van der Waals surface area contributed by atoms with E-state index in [1.165, 1.54) is 12.5 Å². The molecule has 2 fully saturated rings. The van der Waals surface area contributed by atoms with Gasteiger partial charge in [0.2, 0.25) is 0 Å². The Morgan fingerprint density at radius 1 is 1.00 bits per heavy atom. The van der Waals surface area contributed by atoms with Crippen molar-refractivity contribution in [3.63, 3.8) is 0 Å². The summed E-state index contributed by atoms with van der Waals surface area (Å²) in [7, 11) is 0. The third-order valence-electron chi connectivity index (χ3n) is 5.15. The molecule has 134 valence electrons. The quantitative estimate of drug-likeness (QED) is 0.666. The number of carbonyl (C=O) groups is 2. The number of fused-ring (bicyclic) bond motifs is 1.